The zero-order valence-corrected chi connectivity index (χ0v) is 73.5. The predicted octanol–water partition coefficient (Wildman–Crippen LogP) is 29.7. The minimum Gasteiger partial charge on any atom is -0.478 e. The molecule has 11 N–H and O–H groups in total. The Bertz CT molecular complexity index is 8720. The van der Waals surface area contributed by atoms with Gasteiger partial charge in [-0.25, -0.2) is 24.7 Å². The molecule has 0 bridgehead atoms. The van der Waals surface area contributed by atoms with E-state index in [0.29, 0.717) is 5.11 Å². The highest BCUT2D eigenvalue weighted by Gasteiger charge is 2.24. The van der Waals surface area contributed by atoms with Crippen LogP contribution in [0.2, 0.25) is 0 Å². The first-order chi connectivity index (χ1) is 60.1. The van der Waals surface area contributed by atoms with Gasteiger partial charge in [0.1, 0.15) is 23.3 Å². The Labute approximate surface area is 745 Å². The lowest BCUT2D eigenvalue weighted by Gasteiger charge is -2.12. The highest BCUT2D eigenvalue weighted by atomic mass is 79.9. The number of hydrogen-bond donors (Lipinski definition) is 11. The van der Waals surface area contributed by atoms with Crippen LogP contribution in [0.25, 0.3) is 219 Å². The van der Waals surface area contributed by atoms with Crippen LogP contribution >= 0.6 is 91.9 Å². The minimum atomic E-state index is -0.934. The average Bonchev–Trinajstić information content (AvgIpc) is 1.63. The van der Waals surface area contributed by atoms with Gasteiger partial charge in [-0.05, 0) is 184 Å². The molecule has 123 heavy (non-hydrogen) atoms. The molecule has 17 aromatic carbocycles. The quantitative estimate of drug-likeness (QED) is 0.0537. The molecule has 0 amide bonds. The summed E-state index contributed by atoms with van der Waals surface area (Å²) in [6.07, 6.45) is 6.00. The van der Waals surface area contributed by atoms with Crippen molar-refractivity contribution in [2.75, 3.05) is 10.6 Å². The number of aromatic nitrogens is 12. The van der Waals surface area contributed by atoms with Crippen LogP contribution in [-0.4, -0.2) is 76.0 Å². The van der Waals surface area contributed by atoms with E-state index < -0.39 is 5.97 Å². The molecule has 0 aliphatic rings. The van der Waals surface area contributed by atoms with Crippen molar-refractivity contribution < 1.29 is 9.90 Å². The fourth-order valence-corrected chi connectivity index (χ4v) is 19.7. The third-order valence-corrected chi connectivity index (χ3v) is 25.8. The van der Waals surface area contributed by atoms with E-state index >= 15 is 0 Å². The Hall–Kier alpha value is -13.6. The van der Waals surface area contributed by atoms with E-state index in [0.717, 1.165) is 210 Å². The second-order valence-electron chi connectivity index (χ2n) is 30.4. The Morgan fingerprint density at radius 1 is 0.301 bits per heavy atom. The molecule has 0 saturated heterocycles. The molecule has 0 aliphatic heterocycles. The molecule has 0 spiro atoms. The van der Waals surface area contributed by atoms with Gasteiger partial charge in [-0.3, -0.25) is 0 Å². The summed E-state index contributed by atoms with van der Waals surface area (Å²) in [5.41, 5.74) is 19.7. The van der Waals surface area contributed by atoms with Crippen LogP contribution in [0.4, 0.5) is 11.4 Å². The van der Waals surface area contributed by atoms with Gasteiger partial charge in [-0.15, -0.1) is 0 Å². The highest BCUT2D eigenvalue weighted by Crippen LogP contribution is 2.45. The molecule has 8 aromatic heterocycles. The van der Waals surface area contributed by atoms with Crippen molar-refractivity contribution in [2.45, 2.75) is 6.92 Å². The molecule has 25 rings (SSSR count). The Morgan fingerprint density at radius 2 is 0.634 bits per heavy atom. The second kappa shape index (κ2) is 30.5. The zero-order chi connectivity index (χ0) is 83.0. The maximum absolute atomic E-state index is 11.5. The summed E-state index contributed by atoms with van der Waals surface area (Å²) in [6, 6.07) is 94.7. The van der Waals surface area contributed by atoms with Gasteiger partial charge in [0.25, 0.3) is 0 Å². The first-order valence-electron chi connectivity index (χ1n) is 39.6. The molecule has 0 fully saturated rings. The van der Waals surface area contributed by atoms with Crippen LogP contribution in [0.3, 0.4) is 0 Å². The predicted molar refractivity (Wildman–Crippen MR) is 530 cm³/mol. The number of carboxylic acid groups (broad SMARTS) is 1. The van der Waals surface area contributed by atoms with E-state index in [9.17, 15) is 9.90 Å². The molecule has 25 aromatic rings. The number of imidazole rings is 4. The SMILES string of the molecule is Brc1ccc2[nH]cc(-c3nc4c5cc(Br)ccc5c5ccccc5c4[nH]3)c2c1.Cc1[nH]c2ccccc2c1-c1nc2c3ccccc3c3cc(Br)ccc3c2[nH]1.O=C(O)c1ccc2c(c1)c1ccccc1c1nc(-c3c[nH]c4ccc(Br)cc34)[nH]c21.S=C(Nc1ccccc1)Nc1ccc2c3ccccc3c3[nH]c(-c4c[nH]c5ccc(Br)cc45)nc3c2c1. The standard InChI is InChI=1S/C30H20BrN5S.C24H14BrN3O2.C24H16BrN3.C23H13Br2N3/c31-17-10-13-26-23(14-17)25(16-32-26)29-35-27-22-9-5-4-8-20(22)21-12-11-19(15-24(21)28(27)36-29)34-30(37)33-18-6-2-1-3-7-18;25-13-6-8-20-18(10-13)19(11-26-20)23-27-21-15-4-2-1-3-14(15)17-9-12(24(29)30)5-7-16(17)22(21)28-23;1-13-21(18-8-4-5-9-20(18)26-13)24-27-22-16-7-3-2-6-15(16)19-12-14(25)10-11-17(19)23(22)28-24;24-12-5-7-15-14-3-1-2-4-16(14)21-22(18(15)10-12)28-23(27-21)19-11-26-20-8-6-13(25)9-17(19)20/h1-16,32H,(H,35,36)(H2,33,34,37);1-11,26H,(H,27,28)(H,29,30);2-12,26H,1H3,(H,27,28);1-11,26H,(H,27,28). The summed E-state index contributed by atoms with van der Waals surface area (Å²) in [5.74, 6) is 2.45. The normalized spacial score (nSPS) is 11.8. The van der Waals surface area contributed by atoms with Crippen molar-refractivity contribution >= 4 is 288 Å². The third-order valence-electron chi connectivity index (χ3n) is 23.1. The van der Waals surface area contributed by atoms with Crippen molar-refractivity contribution in [3.63, 3.8) is 0 Å². The Morgan fingerprint density at radius 3 is 1.12 bits per heavy atom. The summed E-state index contributed by atoms with van der Waals surface area (Å²) in [5, 5.41) is 39.0. The number of nitrogens with one attached hydrogen (secondary N) is 10. The summed E-state index contributed by atoms with van der Waals surface area (Å²) in [6.45, 7) is 2.11. The second-order valence-corrected chi connectivity index (χ2v) is 35.4. The van der Waals surface area contributed by atoms with E-state index in [1.165, 1.54) is 48.5 Å². The van der Waals surface area contributed by atoms with Crippen LogP contribution in [0.15, 0.2) is 320 Å². The third kappa shape index (κ3) is 13.3. The number of carbonyl (C=O) groups is 1. The molecule has 590 valence electrons. The van der Waals surface area contributed by atoms with Crippen LogP contribution in [0.5, 0.6) is 0 Å². The lowest BCUT2D eigenvalue weighted by molar-refractivity contribution is 0.0697. The number of anilines is 2. The molecule has 0 unspecified atom stereocenters. The first-order valence-corrected chi connectivity index (χ1v) is 43.9. The van der Waals surface area contributed by atoms with E-state index in [-0.39, 0.29) is 5.56 Å². The largest absolute Gasteiger partial charge is 0.478 e. The number of hydrogen-bond acceptors (Lipinski definition) is 6. The van der Waals surface area contributed by atoms with Gasteiger partial charge in [0.2, 0.25) is 0 Å². The molecular weight excluding hydrogens is 1870 g/mol. The number of halogens is 5. The maximum atomic E-state index is 11.5. The number of carboxylic acids is 1. The van der Waals surface area contributed by atoms with Gasteiger partial charge >= 0.3 is 5.97 Å². The van der Waals surface area contributed by atoms with Crippen molar-refractivity contribution in [2.24, 2.45) is 0 Å². The van der Waals surface area contributed by atoms with Crippen molar-refractivity contribution in [1.29, 1.82) is 0 Å². The van der Waals surface area contributed by atoms with Gasteiger partial charge in [-0.2, -0.15) is 0 Å². The number of aromatic carboxylic acids is 1. The first kappa shape index (κ1) is 75.6. The van der Waals surface area contributed by atoms with E-state index in [1.54, 1.807) is 12.1 Å². The van der Waals surface area contributed by atoms with Gasteiger partial charge in [0.15, 0.2) is 5.11 Å². The summed E-state index contributed by atoms with van der Waals surface area (Å²) < 4.78 is 5.22. The molecule has 8 heterocycles. The molecule has 22 heteroatoms. The number of aryl methyl sites for hydroxylation is 1. The number of nitrogens with zero attached hydrogens (tertiary/aromatic N) is 4. The van der Waals surface area contributed by atoms with Crippen molar-refractivity contribution in [1.82, 2.24) is 59.8 Å². The van der Waals surface area contributed by atoms with Gasteiger partial charge in [0, 0.05) is 167 Å². The zero-order valence-electron chi connectivity index (χ0n) is 64.7. The summed E-state index contributed by atoms with van der Waals surface area (Å²) in [7, 11) is 0. The highest BCUT2D eigenvalue weighted by molar-refractivity contribution is 9.11. The lowest BCUT2D eigenvalue weighted by atomic mass is 9.98. The fraction of sp³-hybridized carbons (Fsp3) is 0.00990. The smallest absolute Gasteiger partial charge is 0.335 e. The number of rotatable bonds is 7. The van der Waals surface area contributed by atoms with Crippen LogP contribution < -0.4 is 10.6 Å². The fourth-order valence-electron chi connectivity index (χ4n) is 17.6. The molecule has 0 aliphatic carbocycles. The topological polar surface area (TPSA) is 239 Å². The molecule has 0 saturated carbocycles. The van der Waals surface area contributed by atoms with Crippen LogP contribution in [-0.2, 0) is 0 Å². The monoisotopic (exact) mass is 1930 g/mol. The number of para-hydroxylation sites is 2. The van der Waals surface area contributed by atoms with Crippen molar-refractivity contribution in [3.8, 4) is 45.6 Å². The molecule has 0 atom stereocenters. The summed E-state index contributed by atoms with van der Waals surface area (Å²) >= 11 is 23.6. The Balaban J connectivity index is 0.0000000984. The number of aromatic amines is 8. The van der Waals surface area contributed by atoms with Crippen LogP contribution in [0, 0.1) is 6.92 Å². The number of fused-ring (bicyclic) bond motifs is 28. The van der Waals surface area contributed by atoms with Gasteiger partial charge in [0.05, 0.1) is 49.7 Å². The van der Waals surface area contributed by atoms with Gasteiger partial charge < -0.3 is 55.6 Å². The van der Waals surface area contributed by atoms with E-state index in [2.05, 4.69) is 319 Å². The Kier molecular flexibility index (Phi) is 18.8. The van der Waals surface area contributed by atoms with Crippen LogP contribution in [0.1, 0.15) is 16.1 Å². The molecule has 0 radical (unpaired) electrons. The maximum Gasteiger partial charge on any atom is 0.335 e. The molecule has 16 nitrogen and oxygen atoms in total. The minimum absolute atomic E-state index is 0.272. The number of thiocarbonyl (C=S) groups is 1. The number of H-pyrrole nitrogens is 8. The molecular formula is C101H63Br5N14O2S. The summed E-state index contributed by atoms with van der Waals surface area (Å²) in [4.78, 5) is 59.6. The van der Waals surface area contributed by atoms with Gasteiger partial charge in [-0.1, -0.05) is 237 Å². The number of benzene rings is 17. The lowest BCUT2D eigenvalue weighted by Crippen LogP contribution is -2.18. The van der Waals surface area contributed by atoms with Crippen molar-refractivity contribution in [3.05, 3.63) is 331 Å². The van der Waals surface area contributed by atoms with E-state index in [4.69, 9.17) is 32.2 Å². The average molecular weight is 1940 g/mol. The van der Waals surface area contributed by atoms with E-state index in [1.807, 2.05) is 104 Å².